The van der Waals surface area contributed by atoms with E-state index in [0.29, 0.717) is 29.4 Å². The van der Waals surface area contributed by atoms with Crippen LogP contribution in [0, 0.1) is 17.0 Å². The molecule has 2 heterocycles. The number of aromatic nitrogens is 3. The van der Waals surface area contributed by atoms with E-state index in [1.807, 2.05) is 24.5 Å². The molecule has 37 heavy (non-hydrogen) atoms. The molecule has 0 atom stereocenters. The molecule has 0 bridgehead atoms. The van der Waals surface area contributed by atoms with E-state index in [0.717, 1.165) is 11.4 Å². The Morgan fingerprint density at radius 1 is 1.03 bits per heavy atom. The van der Waals surface area contributed by atoms with Gasteiger partial charge < -0.3 is 15.4 Å². The van der Waals surface area contributed by atoms with Gasteiger partial charge in [0.1, 0.15) is 28.9 Å². The van der Waals surface area contributed by atoms with Crippen molar-refractivity contribution in [2.24, 2.45) is 0 Å². The summed E-state index contributed by atoms with van der Waals surface area (Å²) in [5, 5.41) is 15.2. The van der Waals surface area contributed by atoms with Crippen LogP contribution in [-0.4, -0.2) is 33.5 Å². The average Bonchev–Trinajstić information content (AvgIpc) is 2.89. The van der Waals surface area contributed by atoms with E-state index < -0.39 is 11.6 Å². The molecular formula is C27H26F2N6OS. The molecule has 0 saturated carbocycles. The molecule has 0 unspecified atom stereocenters. The van der Waals surface area contributed by atoms with Crippen LogP contribution in [0.15, 0.2) is 67.0 Å². The van der Waals surface area contributed by atoms with Crippen molar-refractivity contribution < 1.29 is 13.5 Å². The molecule has 4 rings (SSSR count). The number of anilines is 3. The predicted octanol–water partition coefficient (Wildman–Crippen LogP) is 6.18. The number of thioether (sulfide) groups is 1. The van der Waals surface area contributed by atoms with Gasteiger partial charge in [-0.05, 0) is 31.4 Å². The quantitative estimate of drug-likeness (QED) is 0.203. The van der Waals surface area contributed by atoms with E-state index in [2.05, 4.69) is 25.6 Å². The Morgan fingerprint density at radius 3 is 2.46 bits per heavy atom. The Labute approximate surface area is 218 Å². The molecule has 0 aliphatic carbocycles. The average molecular weight is 521 g/mol. The largest absolute Gasteiger partial charge is 0.494 e. The number of ether oxygens (including phenoxy) is 1. The topological polar surface area (TPSA) is 95.8 Å². The van der Waals surface area contributed by atoms with Crippen LogP contribution in [-0.2, 0) is 12.3 Å². The fraction of sp³-hybridized carbons (Fsp3) is 0.185. The van der Waals surface area contributed by atoms with Crippen LogP contribution in [0.3, 0.4) is 0 Å². The first kappa shape index (κ1) is 26.0. The molecule has 0 aliphatic heterocycles. The van der Waals surface area contributed by atoms with Gasteiger partial charge in [-0.25, -0.2) is 18.7 Å². The summed E-state index contributed by atoms with van der Waals surface area (Å²) in [6.07, 6.45) is 5.32. The molecule has 2 aromatic heterocycles. The van der Waals surface area contributed by atoms with E-state index in [1.54, 1.807) is 55.3 Å². The number of pyridine rings is 1. The van der Waals surface area contributed by atoms with Crippen molar-refractivity contribution in [1.29, 1.82) is 5.41 Å². The minimum Gasteiger partial charge on any atom is -0.494 e. The number of para-hydroxylation sites is 1. The molecule has 3 N–H and O–H groups in total. The van der Waals surface area contributed by atoms with Crippen LogP contribution in [0.4, 0.5) is 26.0 Å². The van der Waals surface area contributed by atoms with Gasteiger partial charge in [0.2, 0.25) is 0 Å². The SMILES string of the molecule is CCOc1cc(F)c(CNc2ccccc2C(=N)c2nc(CSC)cc(Nc3ccncc3)n2)c(F)c1. The van der Waals surface area contributed by atoms with E-state index >= 15 is 0 Å². The van der Waals surface area contributed by atoms with Crippen molar-refractivity contribution in [2.75, 3.05) is 23.5 Å². The molecule has 0 spiro atoms. The molecule has 2 aromatic carbocycles. The Morgan fingerprint density at radius 2 is 1.76 bits per heavy atom. The lowest BCUT2D eigenvalue weighted by Crippen LogP contribution is -2.14. The van der Waals surface area contributed by atoms with Gasteiger partial charge in [0.25, 0.3) is 0 Å². The van der Waals surface area contributed by atoms with Crippen molar-refractivity contribution in [3.05, 3.63) is 101 Å². The highest BCUT2D eigenvalue weighted by molar-refractivity contribution is 7.97. The second-order valence-electron chi connectivity index (χ2n) is 7.93. The summed E-state index contributed by atoms with van der Waals surface area (Å²) in [5.41, 5.74) is 2.57. The third-order valence-corrected chi connectivity index (χ3v) is 5.91. The van der Waals surface area contributed by atoms with Gasteiger partial charge in [-0.2, -0.15) is 11.8 Å². The number of hydrogen-bond acceptors (Lipinski definition) is 8. The van der Waals surface area contributed by atoms with Crippen molar-refractivity contribution in [3.63, 3.8) is 0 Å². The maximum absolute atomic E-state index is 14.6. The van der Waals surface area contributed by atoms with Gasteiger partial charge >= 0.3 is 0 Å². The summed E-state index contributed by atoms with van der Waals surface area (Å²) in [4.78, 5) is 13.2. The highest BCUT2D eigenvalue weighted by atomic mass is 32.2. The van der Waals surface area contributed by atoms with Gasteiger partial charge in [0.15, 0.2) is 5.82 Å². The second-order valence-corrected chi connectivity index (χ2v) is 8.80. The zero-order valence-corrected chi connectivity index (χ0v) is 21.2. The fourth-order valence-electron chi connectivity index (χ4n) is 3.64. The lowest BCUT2D eigenvalue weighted by Gasteiger charge is -2.15. The zero-order chi connectivity index (χ0) is 26.2. The van der Waals surface area contributed by atoms with Crippen molar-refractivity contribution >= 4 is 34.7 Å². The van der Waals surface area contributed by atoms with Crippen LogP contribution in [0.25, 0.3) is 0 Å². The van der Waals surface area contributed by atoms with Crippen LogP contribution in [0.1, 0.15) is 29.6 Å². The molecule has 0 aliphatic rings. The predicted molar refractivity (Wildman–Crippen MR) is 144 cm³/mol. The lowest BCUT2D eigenvalue weighted by atomic mass is 10.1. The monoisotopic (exact) mass is 520 g/mol. The van der Waals surface area contributed by atoms with Crippen molar-refractivity contribution in [1.82, 2.24) is 15.0 Å². The van der Waals surface area contributed by atoms with Gasteiger partial charge in [0.05, 0.1) is 12.3 Å². The van der Waals surface area contributed by atoms with E-state index in [1.165, 1.54) is 12.1 Å². The molecular weight excluding hydrogens is 494 g/mol. The Hall–Kier alpha value is -4.05. The molecule has 10 heteroatoms. The summed E-state index contributed by atoms with van der Waals surface area (Å²) in [7, 11) is 0. The molecule has 0 saturated heterocycles. The summed E-state index contributed by atoms with van der Waals surface area (Å²) < 4.78 is 34.3. The highest BCUT2D eigenvalue weighted by Crippen LogP contribution is 2.25. The number of nitrogens with one attached hydrogen (secondary N) is 3. The van der Waals surface area contributed by atoms with Crippen molar-refractivity contribution in [2.45, 2.75) is 19.2 Å². The number of hydrogen-bond donors (Lipinski definition) is 3. The maximum atomic E-state index is 14.6. The smallest absolute Gasteiger partial charge is 0.180 e. The summed E-state index contributed by atoms with van der Waals surface area (Å²) >= 11 is 1.61. The molecule has 0 amide bonds. The summed E-state index contributed by atoms with van der Waals surface area (Å²) in [6, 6.07) is 14.9. The van der Waals surface area contributed by atoms with E-state index in [9.17, 15) is 8.78 Å². The minimum atomic E-state index is -0.705. The highest BCUT2D eigenvalue weighted by Gasteiger charge is 2.17. The Balaban J connectivity index is 1.60. The molecule has 4 aromatic rings. The normalized spacial score (nSPS) is 10.7. The zero-order valence-electron chi connectivity index (χ0n) is 20.4. The standard InChI is InChI=1S/C27H26F2N6OS/c1-3-36-19-13-22(28)21(23(29)14-19)15-32-24-7-5-4-6-20(24)26(30)27-34-18(16-37-2)12-25(35-27)33-17-8-10-31-11-9-17/h4-14,30,32H,3,15-16H2,1-2H3,(H,31,33,34,35). The van der Waals surface area contributed by atoms with E-state index in [-0.39, 0.29) is 29.4 Å². The van der Waals surface area contributed by atoms with E-state index in [4.69, 9.17) is 10.1 Å². The first-order valence-corrected chi connectivity index (χ1v) is 12.9. The van der Waals surface area contributed by atoms with Crippen LogP contribution < -0.4 is 15.4 Å². The second kappa shape index (κ2) is 12.3. The number of rotatable bonds is 11. The molecule has 0 radical (unpaired) electrons. The van der Waals surface area contributed by atoms with Gasteiger partial charge in [-0.3, -0.25) is 10.4 Å². The summed E-state index contributed by atoms with van der Waals surface area (Å²) in [6.45, 7) is 1.94. The minimum absolute atomic E-state index is 0.0801. The molecule has 0 fully saturated rings. The number of halogens is 2. The van der Waals surface area contributed by atoms with Crippen LogP contribution in [0.5, 0.6) is 5.75 Å². The van der Waals surface area contributed by atoms with Gasteiger partial charge in [0, 0.05) is 65.4 Å². The van der Waals surface area contributed by atoms with Gasteiger partial charge in [-0.15, -0.1) is 0 Å². The molecule has 190 valence electrons. The third kappa shape index (κ3) is 6.59. The first-order valence-electron chi connectivity index (χ1n) is 11.5. The maximum Gasteiger partial charge on any atom is 0.180 e. The molecule has 7 nitrogen and oxygen atoms in total. The van der Waals surface area contributed by atoms with Crippen LogP contribution in [0.2, 0.25) is 0 Å². The van der Waals surface area contributed by atoms with Crippen LogP contribution >= 0.6 is 11.8 Å². The third-order valence-electron chi connectivity index (χ3n) is 5.33. The number of benzene rings is 2. The van der Waals surface area contributed by atoms with Crippen molar-refractivity contribution in [3.8, 4) is 5.75 Å². The summed E-state index contributed by atoms with van der Waals surface area (Å²) in [5.74, 6) is 0.155. The number of nitrogens with zero attached hydrogens (tertiary/aromatic N) is 3. The Kier molecular flexibility index (Phi) is 8.63. The lowest BCUT2D eigenvalue weighted by molar-refractivity contribution is 0.335. The fourth-order valence-corrected chi connectivity index (χ4v) is 4.08. The Bertz CT molecular complexity index is 1360. The van der Waals surface area contributed by atoms with Gasteiger partial charge in [-0.1, -0.05) is 18.2 Å². The first-order chi connectivity index (χ1) is 18.0.